The molecule has 4 aromatic rings. The minimum Gasteiger partial charge on any atom is -0.364 e. The summed E-state index contributed by atoms with van der Waals surface area (Å²) >= 11 is 0. The summed E-state index contributed by atoms with van der Waals surface area (Å²) in [6.07, 6.45) is 3.66. The third kappa shape index (κ3) is 2.91. The van der Waals surface area contributed by atoms with E-state index < -0.39 is 0 Å². The quantitative estimate of drug-likeness (QED) is 0.427. The number of anilines is 1. The first kappa shape index (κ1) is 17.2. The SMILES string of the molecule is Cc1cc(C2CCCCN2c2cc(C)nc3ccccc23)c2ccccc2n1. The molecule has 0 amide bonds. The van der Waals surface area contributed by atoms with Gasteiger partial charge in [0.1, 0.15) is 0 Å². The molecule has 0 spiro atoms. The van der Waals surface area contributed by atoms with Crippen molar-refractivity contribution < 1.29 is 0 Å². The Balaban J connectivity index is 1.71. The van der Waals surface area contributed by atoms with Crippen molar-refractivity contribution in [3.8, 4) is 0 Å². The predicted molar refractivity (Wildman–Crippen MR) is 117 cm³/mol. The fourth-order valence-electron chi connectivity index (χ4n) is 4.68. The Kier molecular flexibility index (Phi) is 4.23. The summed E-state index contributed by atoms with van der Waals surface area (Å²) in [5, 5.41) is 2.52. The molecule has 0 aliphatic carbocycles. The minimum atomic E-state index is 0.366. The number of pyridine rings is 2. The molecule has 1 aliphatic rings. The lowest BCUT2D eigenvalue weighted by molar-refractivity contribution is 0.476. The van der Waals surface area contributed by atoms with Crippen LogP contribution >= 0.6 is 0 Å². The normalized spacial score (nSPS) is 17.4. The standard InChI is InChI=1S/C25H25N3/c1-17-15-21(19-9-3-5-11-22(19)26-17)24-13-7-8-14-28(24)25-16-18(2)27-23-12-6-4-10-20(23)25/h3-6,9-12,15-16,24H,7-8,13-14H2,1-2H3. The molecule has 0 saturated carbocycles. The maximum atomic E-state index is 4.76. The summed E-state index contributed by atoms with van der Waals surface area (Å²) in [5.74, 6) is 0. The van der Waals surface area contributed by atoms with Crippen molar-refractivity contribution in [2.75, 3.05) is 11.4 Å². The molecule has 0 radical (unpaired) electrons. The zero-order chi connectivity index (χ0) is 19.1. The van der Waals surface area contributed by atoms with Crippen molar-refractivity contribution in [2.24, 2.45) is 0 Å². The molecule has 2 aromatic heterocycles. The number of fused-ring (bicyclic) bond motifs is 2. The van der Waals surface area contributed by atoms with Crippen molar-refractivity contribution >= 4 is 27.5 Å². The van der Waals surface area contributed by atoms with Gasteiger partial charge in [0.05, 0.1) is 17.1 Å². The number of aryl methyl sites for hydroxylation is 2. The van der Waals surface area contributed by atoms with E-state index in [0.29, 0.717) is 6.04 Å². The lowest BCUT2D eigenvalue weighted by atomic mass is 9.91. The first-order valence-electron chi connectivity index (χ1n) is 10.2. The van der Waals surface area contributed by atoms with Crippen molar-refractivity contribution in [1.29, 1.82) is 0 Å². The van der Waals surface area contributed by atoms with Gasteiger partial charge >= 0.3 is 0 Å². The number of rotatable bonds is 2. The van der Waals surface area contributed by atoms with Gasteiger partial charge in [-0.25, -0.2) is 0 Å². The van der Waals surface area contributed by atoms with E-state index in [1.807, 2.05) is 0 Å². The molecule has 1 atom stereocenters. The second kappa shape index (κ2) is 6.90. The molecule has 0 N–H and O–H groups in total. The van der Waals surface area contributed by atoms with E-state index in [-0.39, 0.29) is 0 Å². The fraction of sp³-hybridized carbons (Fsp3) is 0.280. The Morgan fingerprint density at radius 1 is 0.786 bits per heavy atom. The average molecular weight is 367 g/mol. The smallest absolute Gasteiger partial charge is 0.0726 e. The lowest BCUT2D eigenvalue weighted by Crippen LogP contribution is -2.34. The van der Waals surface area contributed by atoms with Crippen molar-refractivity contribution in [2.45, 2.75) is 39.2 Å². The molecule has 3 nitrogen and oxygen atoms in total. The Hall–Kier alpha value is -2.94. The van der Waals surface area contributed by atoms with Crippen LogP contribution in [0.25, 0.3) is 21.8 Å². The van der Waals surface area contributed by atoms with Crippen LogP contribution in [-0.4, -0.2) is 16.5 Å². The van der Waals surface area contributed by atoms with Crippen molar-refractivity contribution in [3.05, 3.63) is 77.6 Å². The highest BCUT2D eigenvalue weighted by Gasteiger charge is 2.27. The maximum Gasteiger partial charge on any atom is 0.0726 e. The summed E-state index contributed by atoms with van der Waals surface area (Å²) in [4.78, 5) is 12.1. The van der Waals surface area contributed by atoms with E-state index >= 15 is 0 Å². The zero-order valence-electron chi connectivity index (χ0n) is 16.5. The summed E-state index contributed by atoms with van der Waals surface area (Å²) in [6, 6.07) is 22.0. The number of nitrogens with zero attached hydrogens (tertiary/aromatic N) is 3. The monoisotopic (exact) mass is 367 g/mol. The van der Waals surface area contributed by atoms with Gasteiger partial charge in [-0.05, 0) is 62.9 Å². The Bertz CT molecular complexity index is 1070. The van der Waals surface area contributed by atoms with E-state index in [1.165, 1.54) is 41.3 Å². The molecule has 3 heteroatoms. The van der Waals surface area contributed by atoms with E-state index in [0.717, 1.165) is 29.0 Å². The number of hydrogen-bond donors (Lipinski definition) is 0. The maximum absolute atomic E-state index is 4.76. The van der Waals surface area contributed by atoms with Gasteiger partial charge in [-0.3, -0.25) is 9.97 Å². The molecule has 28 heavy (non-hydrogen) atoms. The molecule has 1 unspecified atom stereocenters. The molecule has 2 aromatic carbocycles. The van der Waals surface area contributed by atoms with E-state index in [9.17, 15) is 0 Å². The second-order valence-corrected chi connectivity index (χ2v) is 7.87. The van der Waals surface area contributed by atoms with Gasteiger partial charge < -0.3 is 4.90 Å². The molecule has 0 bridgehead atoms. The highest BCUT2D eigenvalue weighted by Crippen LogP contribution is 2.40. The zero-order valence-corrected chi connectivity index (χ0v) is 16.5. The van der Waals surface area contributed by atoms with Crippen LogP contribution in [0.2, 0.25) is 0 Å². The van der Waals surface area contributed by atoms with Gasteiger partial charge in [0.2, 0.25) is 0 Å². The van der Waals surface area contributed by atoms with Crippen LogP contribution in [0, 0.1) is 13.8 Å². The Labute approximate surface area is 166 Å². The summed E-state index contributed by atoms with van der Waals surface area (Å²) in [6.45, 7) is 5.28. The molecule has 1 saturated heterocycles. The lowest BCUT2D eigenvalue weighted by Gasteiger charge is -2.39. The number of hydrogen-bond acceptors (Lipinski definition) is 3. The van der Waals surface area contributed by atoms with Crippen LogP contribution in [-0.2, 0) is 0 Å². The highest BCUT2D eigenvalue weighted by molar-refractivity contribution is 5.92. The van der Waals surface area contributed by atoms with Crippen molar-refractivity contribution in [3.63, 3.8) is 0 Å². The molecular weight excluding hydrogens is 342 g/mol. The number of aromatic nitrogens is 2. The third-order valence-electron chi connectivity index (χ3n) is 5.87. The first-order valence-corrected chi connectivity index (χ1v) is 10.2. The minimum absolute atomic E-state index is 0.366. The van der Waals surface area contributed by atoms with E-state index in [1.54, 1.807) is 0 Å². The number of piperidine rings is 1. The molecule has 1 aliphatic heterocycles. The summed E-state index contributed by atoms with van der Waals surface area (Å²) in [7, 11) is 0. The Morgan fingerprint density at radius 3 is 2.21 bits per heavy atom. The van der Waals surface area contributed by atoms with Gasteiger partial charge in [0, 0.05) is 34.4 Å². The summed E-state index contributed by atoms with van der Waals surface area (Å²) in [5.41, 5.74) is 7.06. The number of para-hydroxylation sites is 2. The van der Waals surface area contributed by atoms with Crippen LogP contribution in [0.4, 0.5) is 5.69 Å². The van der Waals surface area contributed by atoms with E-state index in [2.05, 4.69) is 79.4 Å². The second-order valence-electron chi connectivity index (χ2n) is 7.87. The molecular formula is C25H25N3. The highest BCUT2D eigenvalue weighted by atomic mass is 15.2. The van der Waals surface area contributed by atoms with Gasteiger partial charge in [-0.1, -0.05) is 36.4 Å². The van der Waals surface area contributed by atoms with Gasteiger partial charge in [0.25, 0.3) is 0 Å². The van der Waals surface area contributed by atoms with E-state index in [4.69, 9.17) is 9.97 Å². The van der Waals surface area contributed by atoms with Crippen molar-refractivity contribution in [1.82, 2.24) is 9.97 Å². The largest absolute Gasteiger partial charge is 0.364 e. The molecule has 3 heterocycles. The van der Waals surface area contributed by atoms with Gasteiger partial charge in [-0.2, -0.15) is 0 Å². The fourth-order valence-corrected chi connectivity index (χ4v) is 4.68. The molecule has 1 fully saturated rings. The van der Waals surface area contributed by atoms with Crippen LogP contribution in [0.15, 0.2) is 60.7 Å². The molecule has 140 valence electrons. The van der Waals surface area contributed by atoms with Crippen LogP contribution in [0.3, 0.4) is 0 Å². The number of benzene rings is 2. The van der Waals surface area contributed by atoms with Crippen LogP contribution in [0.1, 0.15) is 42.3 Å². The van der Waals surface area contributed by atoms with Gasteiger partial charge in [-0.15, -0.1) is 0 Å². The topological polar surface area (TPSA) is 29.0 Å². The summed E-state index contributed by atoms with van der Waals surface area (Å²) < 4.78 is 0. The molecule has 5 rings (SSSR count). The first-order chi connectivity index (χ1) is 13.7. The van der Waals surface area contributed by atoms with Gasteiger partial charge in [0.15, 0.2) is 0 Å². The van der Waals surface area contributed by atoms with Crippen LogP contribution < -0.4 is 4.90 Å². The predicted octanol–water partition coefficient (Wildman–Crippen LogP) is 6.13. The average Bonchev–Trinajstić information content (AvgIpc) is 2.72. The Morgan fingerprint density at radius 2 is 1.43 bits per heavy atom. The third-order valence-corrected chi connectivity index (χ3v) is 5.87. The van der Waals surface area contributed by atoms with Crippen LogP contribution in [0.5, 0.6) is 0 Å².